The van der Waals surface area contributed by atoms with Crippen LogP contribution < -0.4 is 4.74 Å². The zero-order valence-corrected chi connectivity index (χ0v) is 20.2. The minimum atomic E-state index is -4.44. The molecule has 0 unspecified atom stereocenters. The van der Waals surface area contributed by atoms with Crippen LogP contribution in [0.5, 0.6) is 5.75 Å². The number of hydrogen-bond donors (Lipinski definition) is 0. The molecule has 2 aromatic heterocycles. The lowest BCUT2D eigenvalue weighted by Crippen LogP contribution is -2.19. The summed E-state index contributed by atoms with van der Waals surface area (Å²) in [6.07, 6.45) is -3.08. The molecule has 0 bridgehead atoms. The Labute approximate surface area is 209 Å². The van der Waals surface area contributed by atoms with Gasteiger partial charge in [-0.15, -0.1) is 0 Å². The van der Waals surface area contributed by atoms with Crippen LogP contribution in [0.1, 0.15) is 27.2 Å². The number of aromatic nitrogens is 3. The molecule has 0 N–H and O–H groups in total. The van der Waals surface area contributed by atoms with Gasteiger partial charge in [-0.3, -0.25) is 9.55 Å². The molecule has 0 fully saturated rings. The average molecular weight is 518 g/mol. The number of aryl methyl sites for hydroxylation is 1. The molecule has 0 spiro atoms. The van der Waals surface area contributed by atoms with Crippen molar-refractivity contribution < 1.29 is 31.6 Å². The standard InChI is InChI=1S/C25H22F3N3O4S/c1-16-7-9-18(10-8-16)23(32)34-15-31-21-6-4-3-5-19(21)30-24(31)36-35-13-20-17(2)22(11-12-29-20)33-14-25(26,27)28/h3-12H,13-15H2,1-2H3. The number of hydrogen-bond acceptors (Lipinski definition) is 7. The number of ether oxygens (including phenoxy) is 2. The van der Waals surface area contributed by atoms with Crippen LogP contribution in [-0.4, -0.2) is 33.3 Å². The van der Waals surface area contributed by atoms with Gasteiger partial charge < -0.3 is 13.7 Å². The fourth-order valence-corrected chi connectivity index (χ4v) is 3.95. The van der Waals surface area contributed by atoms with Gasteiger partial charge in [-0.2, -0.15) is 13.2 Å². The molecule has 0 aliphatic rings. The van der Waals surface area contributed by atoms with Gasteiger partial charge in [0.25, 0.3) is 0 Å². The lowest BCUT2D eigenvalue weighted by molar-refractivity contribution is -0.153. The van der Waals surface area contributed by atoms with E-state index in [0.717, 1.165) is 23.1 Å². The molecule has 0 amide bonds. The summed E-state index contributed by atoms with van der Waals surface area (Å²) in [5.41, 5.74) is 3.78. The van der Waals surface area contributed by atoms with Gasteiger partial charge in [-0.1, -0.05) is 29.8 Å². The smallest absolute Gasteiger partial charge is 0.422 e. The summed E-state index contributed by atoms with van der Waals surface area (Å²) in [7, 11) is 0. The fraction of sp³-hybridized carbons (Fsp3) is 0.240. The number of rotatable bonds is 9. The van der Waals surface area contributed by atoms with Crippen LogP contribution in [0.25, 0.3) is 11.0 Å². The second-order valence-electron chi connectivity index (χ2n) is 7.87. The Morgan fingerprint density at radius 1 is 1.06 bits per heavy atom. The normalized spacial score (nSPS) is 11.6. The molecule has 0 atom stereocenters. The molecule has 2 aromatic carbocycles. The number of carbonyl (C=O) groups is 1. The molecule has 0 aliphatic heterocycles. The van der Waals surface area contributed by atoms with Crippen LogP contribution in [-0.2, 0) is 22.3 Å². The van der Waals surface area contributed by atoms with E-state index in [4.69, 9.17) is 13.7 Å². The third kappa shape index (κ3) is 6.35. The summed E-state index contributed by atoms with van der Waals surface area (Å²) >= 11 is 0.949. The fourth-order valence-electron chi connectivity index (χ4n) is 3.30. The van der Waals surface area contributed by atoms with Gasteiger partial charge in [0.2, 0.25) is 0 Å². The van der Waals surface area contributed by atoms with Crippen molar-refractivity contribution in [3.63, 3.8) is 0 Å². The Kier molecular flexibility index (Phi) is 7.80. The summed E-state index contributed by atoms with van der Waals surface area (Å²) in [5, 5.41) is 0.440. The van der Waals surface area contributed by atoms with Crippen LogP contribution in [0.2, 0.25) is 0 Å². The van der Waals surface area contributed by atoms with E-state index in [1.807, 2.05) is 43.3 Å². The minimum Gasteiger partial charge on any atom is -0.484 e. The van der Waals surface area contributed by atoms with Crippen molar-refractivity contribution in [1.29, 1.82) is 0 Å². The average Bonchev–Trinajstić information content (AvgIpc) is 3.20. The Hall–Kier alpha value is -3.57. The largest absolute Gasteiger partial charge is 0.484 e. The first-order chi connectivity index (χ1) is 17.2. The Morgan fingerprint density at radius 2 is 1.81 bits per heavy atom. The molecule has 2 heterocycles. The molecular formula is C25H22F3N3O4S. The summed E-state index contributed by atoms with van der Waals surface area (Å²) in [6.45, 7) is 2.06. The third-order valence-electron chi connectivity index (χ3n) is 5.21. The highest BCUT2D eigenvalue weighted by atomic mass is 32.2. The van der Waals surface area contributed by atoms with Crippen molar-refractivity contribution >= 4 is 29.0 Å². The third-order valence-corrected chi connectivity index (χ3v) is 5.91. The summed E-state index contributed by atoms with van der Waals surface area (Å²) in [4.78, 5) is 21.2. The van der Waals surface area contributed by atoms with Crippen molar-refractivity contribution in [3.8, 4) is 5.75 Å². The highest BCUT2D eigenvalue weighted by molar-refractivity contribution is 7.94. The Balaban J connectivity index is 1.45. The first-order valence-electron chi connectivity index (χ1n) is 10.8. The van der Waals surface area contributed by atoms with Crippen molar-refractivity contribution in [2.45, 2.75) is 38.5 Å². The number of fused-ring (bicyclic) bond motifs is 1. The number of alkyl halides is 3. The van der Waals surface area contributed by atoms with E-state index in [-0.39, 0.29) is 19.1 Å². The number of benzene rings is 2. The number of imidazole rings is 1. The molecule has 4 aromatic rings. The zero-order chi connectivity index (χ0) is 25.7. The van der Waals surface area contributed by atoms with Gasteiger partial charge in [-0.25, -0.2) is 9.78 Å². The quantitative estimate of drug-likeness (QED) is 0.198. The summed E-state index contributed by atoms with van der Waals surface area (Å²) < 4.78 is 55.3. The van der Waals surface area contributed by atoms with Gasteiger partial charge >= 0.3 is 12.1 Å². The number of esters is 1. The molecule has 7 nitrogen and oxygen atoms in total. The maximum absolute atomic E-state index is 12.5. The van der Waals surface area contributed by atoms with Crippen LogP contribution in [0.3, 0.4) is 0 Å². The molecule has 36 heavy (non-hydrogen) atoms. The lowest BCUT2D eigenvalue weighted by Gasteiger charge is -2.13. The van der Waals surface area contributed by atoms with E-state index in [0.29, 0.717) is 27.5 Å². The van der Waals surface area contributed by atoms with Crippen molar-refractivity contribution in [1.82, 2.24) is 14.5 Å². The van der Waals surface area contributed by atoms with Crippen molar-refractivity contribution in [2.75, 3.05) is 6.61 Å². The van der Waals surface area contributed by atoms with E-state index >= 15 is 0 Å². The van der Waals surface area contributed by atoms with E-state index in [1.54, 1.807) is 23.6 Å². The molecule has 0 saturated carbocycles. The first-order valence-corrected chi connectivity index (χ1v) is 11.6. The predicted octanol–water partition coefficient (Wildman–Crippen LogP) is 6.03. The van der Waals surface area contributed by atoms with Crippen LogP contribution in [0, 0.1) is 13.8 Å². The molecule has 11 heteroatoms. The van der Waals surface area contributed by atoms with Crippen LogP contribution in [0.15, 0.2) is 66.0 Å². The van der Waals surface area contributed by atoms with Gasteiger partial charge in [0, 0.05) is 11.8 Å². The maximum atomic E-state index is 12.5. The monoisotopic (exact) mass is 517 g/mol. The number of pyridine rings is 1. The highest BCUT2D eigenvalue weighted by Gasteiger charge is 2.29. The molecule has 4 rings (SSSR count). The maximum Gasteiger partial charge on any atom is 0.422 e. The first kappa shape index (κ1) is 25.5. The Bertz CT molecular complexity index is 1360. The number of para-hydroxylation sites is 2. The molecule has 0 aliphatic carbocycles. The van der Waals surface area contributed by atoms with Gasteiger partial charge in [0.1, 0.15) is 12.4 Å². The van der Waals surface area contributed by atoms with E-state index in [2.05, 4.69) is 9.97 Å². The lowest BCUT2D eigenvalue weighted by atomic mass is 10.2. The van der Waals surface area contributed by atoms with E-state index in [9.17, 15) is 18.0 Å². The van der Waals surface area contributed by atoms with Crippen LogP contribution >= 0.6 is 12.0 Å². The zero-order valence-electron chi connectivity index (χ0n) is 19.4. The SMILES string of the molecule is Cc1ccc(C(=O)OCn2c(SOCc3nccc(OCC(F)(F)F)c3C)nc3ccccc32)cc1. The molecule has 0 radical (unpaired) electrons. The van der Waals surface area contributed by atoms with Crippen molar-refractivity contribution in [2.24, 2.45) is 0 Å². The summed E-state index contributed by atoms with van der Waals surface area (Å²) in [5.74, 6) is -0.388. The summed E-state index contributed by atoms with van der Waals surface area (Å²) in [6, 6.07) is 15.8. The van der Waals surface area contributed by atoms with Gasteiger partial charge in [0.05, 0.1) is 34.3 Å². The second kappa shape index (κ2) is 11.0. The molecule has 188 valence electrons. The van der Waals surface area contributed by atoms with E-state index < -0.39 is 18.8 Å². The second-order valence-corrected chi connectivity index (χ2v) is 8.64. The van der Waals surface area contributed by atoms with E-state index in [1.165, 1.54) is 12.3 Å². The van der Waals surface area contributed by atoms with Gasteiger partial charge in [-0.05, 0) is 44.2 Å². The predicted molar refractivity (Wildman–Crippen MR) is 127 cm³/mol. The Morgan fingerprint density at radius 3 is 2.56 bits per heavy atom. The van der Waals surface area contributed by atoms with Crippen LogP contribution in [0.4, 0.5) is 13.2 Å². The number of halogens is 3. The topological polar surface area (TPSA) is 75.5 Å². The van der Waals surface area contributed by atoms with Gasteiger partial charge in [0.15, 0.2) is 18.5 Å². The van der Waals surface area contributed by atoms with Crippen molar-refractivity contribution in [3.05, 3.63) is 83.2 Å². The highest BCUT2D eigenvalue weighted by Crippen LogP contribution is 2.28. The molecular weight excluding hydrogens is 495 g/mol. The number of nitrogens with zero attached hydrogens (tertiary/aromatic N) is 3. The molecule has 0 saturated heterocycles. The number of carbonyl (C=O) groups excluding carboxylic acids is 1. The minimum absolute atomic E-state index is 0.00786.